The van der Waals surface area contributed by atoms with Gasteiger partial charge in [-0.3, -0.25) is 0 Å². The van der Waals surface area contributed by atoms with E-state index >= 15 is 0 Å². The second-order valence-electron chi connectivity index (χ2n) is 7.29. The number of nitrogens with one attached hydrogen (secondary N) is 2. The van der Waals surface area contributed by atoms with Gasteiger partial charge in [-0.05, 0) is 19.1 Å². The van der Waals surface area contributed by atoms with Gasteiger partial charge in [0, 0.05) is 16.9 Å². The highest BCUT2D eigenvalue weighted by Gasteiger charge is 2.22. The molecule has 2 unspecified atom stereocenters. The molecular weight excluding hydrogens is 358 g/mol. The smallest absolute Gasteiger partial charge is 0.244 e. The first-order valence-corrected chi connectivity index (χ1v) is 9.72. The minimum Gasteiger partial charge on any atom is -0.377 e. The highest BCUT2D eigenvalue weighted by atomic mass is 15.3. The number of hydrogen-bond donors (Lipinski definition) is 2. The summed E-state index contributed by atoms with van der Waals surface area (Å²) in [5.41, 5.74) is 8.02. The van der Waals surface area contributed by atoms with E-state index in [1.165, 1.54) is 5.56 Å². The van der Waals surface area contributed by atoms with Crippen LogP contribution in [0.1, 0.15) is 5.56 Å². The molecule has 0 bridgehead atoms. The number of aryl methyl sites for hydroxylation is 1. The Bertz CT molecular complexity index is 1170. The standard InChI is InChI=1S/C24H21N5/c1-16-11-12-22-20(13-16)23(17-7-3-2-4-8-17)28-24(27-22)29-25-15-19-14-18-9-5-6-10-21(18)26-19/h2-15,18,21,26H,1H3,(H,27,28,29). The Morgan fingerprint density at radius 1 is 1.03 bits per heavy atom. The Morgan fingerprint density at radius 2 is 1.90 bits per heavy atom. The zero-order valence-corrected chi connectivity index (χ0v) is 16.1. The van der Waals surface area contributed by atoms with Gasteiger partial charge in [0.05, 0.1) is 29.2 Å². The molecule has 2 N–H and O–H groups in total. The first-order chi connectivity index (χ1) is 14.3. The van der Waals surface area contributed by atoms with Gasteiger partial charge in [-0.2, -0.15) is 5.10 Å². The Labute approximate surface area is 169 Å². The predicted octanol–water partition coefficient (Wildman–Crippen LogP) is 4.60. The Kier molecular flexibility index (Phi) is 4.41. The third-order valence-corrected chi connectivity index (χ3v) is 5.15. The van der Waals surface area contributed by atoms with Crippen molar-refractivity contribution in [3.63, 3.8) is 0 Å². The number of hydrogen-bond acceptors (Lipinski definition) is 5. The van der Waals surface area contributed by atoms with E-state index in [2.05, 4.69) is 82.4 Å². The number of benzene rings is 2. The van der Waals surface area contributed by atoms with Crippen molar-refractivity contribution in [1.29, 1.82) is 0 Å². The fourth-order valence-corrected chi connectivity index (χ4v) is 3.72. The summed E-state index contributed by atoms with van der Waals surface area (Å²) in [5, 5.41) is 8.84. The molecule has 5 rings (SSSR count). The molecule has 0 saturated carbocycles. The maximum atomic E-state index is 4.75. The maximum absolute atomic E-state index is 4.75. The largest absolute Gasteiger partial charge is 0.377 e. The average Bonchev–Trinajstić information content (AvgIpc) is 3.17. The summed E-state index contributed by atoms with van der Waals surface area (Å²) >= 11 is 0. The fraction of sp³-hybridized carbons (Fsp3) is 0.125. The molecule has 0 fully saturated rings. The van der Waals surface area contributed by atoms with Crippen molar-refractivity contribution in [3.8, 4) is 11.3 Å². The molecule has 3 aromatic rings. The molecule has 5 heteroatoms. The van der Waals surface area contributed by atoms with Crippen LogP contribution in [-0.2, 0) is 0 Å². The molecule has 2 aliphatic rings. The monoisotopic (exact) mass is 379 g/mol. The predicted molar refractivity (Wildman–Crippen MR) is 119 cm³/mol. The van der Waals surface area contributed by atoms with E-state index < -0.39 is 0 Å². The molecule has 2 aromatic carbocycles. The SMILES string of the molecule is Cc1ccc2nc(NN=CC3=CC4C=CC=CC4N3)nc(-c3ccccc3)c2c1. The van der Waals surface area contributed by atoms with Crippen LogP contribution in [0, 0.1) is 12.8 Å². The first kappa shape index (κ1) is 17.4. The second-order valence-corrected chi connectivity index (χ2v) is 7.29. The van der Waals surface area contributed by atoms with Gasteiger partial charge in [-0.1, -0.05) is 72.3 Å². The van der Waals surface area contributed by atoms with Gasteiger partial charge < -0.3 is 5.32 Å². The van der Waals surface area contributed by atoms with Crippen molar-refractivity contribution in [2.75, 3.05) is 5.43 Å². The maximum Gasteiger partial charge on any atom is 0.244 e. The average molecular weight is 379 g/mol. The van der Waals surface area contributed by atoms with Crippen LogP contribution in [0.25, 0.3) is 22.2 Å². The summed E-state index contributed by atoms with van der Waals surface area (Å²) in [6.07, 6.45) is 12.5. The molecule has 142 valence electrons. The van der Waals surface area contributed by atoms with Crippen LogP contribution in [0.3, 0.4) is 0 Å². The highest BCUT2D eigenvalue weighted by molar-refractivity contribution is 5.93. The van der Waals surface area contributed by atoms with Crippen LogP contribution in [0.2, 0.25) is 0 Å². The van der Waals surface area contributed by atoms with E-state index in [-0.39, 0.29) is 0 Å². The lowest BCUT2D eigenvalue weighted by atomic mass is 9.98. The van der Waals surface area contributed by atoms with E-state index in [0.717, 1.165) is 27.9 Å². The van der Waals surface area contributed by atoms with Crippen LogP contribution in [0.15, 0.2) is 89.7 Å². The Balaban J connectivity index is 1.44. The van der Waals surface area contributed by atoms with Gasteiger partial charge in [0.25, 0.3) is 0 Å². The summed E-state index contributed by atoms with van der Waals surface area (Å²) in [6, 6.07) is 16.7. The lowest BCUT2D eigenvalue weighted by Gasteiger charge is -2.15. The lowest BCUT2D eigenvalue weighted by Crippen LogP contribution is -2.26. The van der Waals surface area contributed by atoms with Crippen molar-refractivity contribution in [1.82, 2.24) is 15.3 Å². The first-order valence-electron chi connectivity index (χ1n) is 9.72. The van der Waals surface area contributed by atoms with Crippen LogP contribution >= 0.6 is 0 Å². The quantitative estimate of drug-likeness (QED) is 0.514. The van der Waals surface area contributed by atoms with E-state index in [1.807, 2.05) is 24.3 Å². The van der Waals surface area contributed by atoms with Crippen LogP contribution in [-0.4, -0.2) is 22.2 Å². The molecule has 0 amide bonds. The third kappa shape index (κ3) is 3.55. The van der Waals surface area contributed by atoms with Crippen molar-refractivity contribution in [2.45, 2.75) is 13.0 Å². The normalized spacial score (nSPS) is 20.0. The van der Waals surface area contributed by atoms with Crippen LogP contribution < -0.4 is 10.7 Å². The van der Waals surface area contributed by atoms with Gasteiger partial charge in [-0.15, -0.1) is 0 Å². The molecule has 0 saturated heterocycles. The summed E-state index contributed by atoms with van der Waals surface area (Å²) in [7, 11) is 0. The number of allylic oxidation sites excluding steroid dienone is 3. The van der Waals surface area contributed by atoms with E-state index in [9.17, 15) is 0 Å². The van der Waals surface area contributed by atoms with Crippen molar-refractivity contribution in [3.05, 3.63) is 90.2 Å². The summed E-state index contributed by atoms with van der Waals surface area (Å²) in [6.45, 7) is 2.08. The molecule has 2 heterocycles. The summed E-state index contributed by atoms with van der Waals surface area (Å²) in [5.74, 6) is 0.860. The fourth-order valence-electron chi connectivity index (χ4n) is 3.72. The zero-order valence-electron chi connectivity index (χ0n) is 16.1. The molecule has 5 nitrogen and oxygen atoms in total. The number of fused-ring (bicyclic) bond motifs is 2. The van der Waals surface area contributed by atoms with E-state index in [0.29, 0.717) is 17.9 Å². The number of aromatic nitrogens is 2. The highest BCUT2D eigenvalue weighted by Crippen LogP contribution is 2.28. The molecular formula is C24H21N5. The summed E-state index contributed by atoms with van der Waals surface area (Å²) < 4.78 is 0. The van der Waals surface area contributed by atoms with Gasteiger partial charge >= 0.3 is 0 Å². The zero-order chi connectivity index (χ0) is 19.6. The minimum absolute atomic E-state index is 0.311. The molecule has 1 aliphatic heterocycles. The van der Waals surface area contributed by atoms with Crippen LogP contribution in [0.4, 0.5) is 5.95 Å². The van der Waals surface area contributed by atoms with Gasteiger partial charge in [0.1, 0.15) is 0 Å². The van der Waals surface area contributed by atoms with E-state index in [4.69, 9.17) is 4.98 Å². The molecule has 2 atom stereocenters. The number of hydrazone groups is 1. The lowest BCUT2D eigenvalue weighted by molar-refractivity contribution is 0.645. The van der Waals surface area contributed by atoms with Gasteiger partial charge in [0.2, 0.25) is 5.95 Å². The molecule has 1 aromatic heterocycles. The molecule has 0 radical (unpaired) electrons. The Morgan fingerprint density at radius 3 is 2.76 bits per heavy atom. The number of rotatable bonds is 4. The Hall–Kier alpha value is -3.73. The summed E-state index contributed by atoms with van der Waals surface area (Å²) in [4.78, 5) is 9.39. The minimum atomic E-state index is 0.311. The van der Waals surface area contributed by atoms with Crippen molar-refractivity contribution in [2.24, 2.45) is 11.0 Å². The van der Waals surface area contributed by atoms with Gasteiger partial charge in [-0.25, -0.2) is 15.4 Å². The van der Waals surface area contributed by atoms with Crippen molar-refractivity contribution < 1.29 is 0 Å². The molecule has 0 spiro atoms. The third-order valence-electron chi connectivity index (χ3n) is 5.15. The van der Waals surface area contributed by atoms with E-state index in [1.54, 1.807) is 6.21 Å². The molecule has 29 heavy (non-hydrogen) atoms. The number of nitrogens with zero attached hydrogens (tertiary/aromatic N) is 3. The van der Waals surface area contributed by atoms with Gasteiger partial charge in [0.15, 0.2) is 0 Å². The molecule has 1 aliphatic carbocycles. The number of anilines is 1. The second kappa shape index (κ2) is 7.36. The van der Waals surface area contributed by atoms with Crippen molar-refractivity contribution >= 4 is 23.1 Å². The topological polar surface area (TPSA) is 62.2 Å². The van der Waals surface area contributed by atoms with Crippen LogP contribution in [0.5, 0.6) is 0 Å².